The molecule has 0 saturated heterocycles. The summed E-state index contributed by atoms with van der Waals surface area (Å²) in [6.07, 6.45) is 1.51. The molecule has 7 nitrogen and oxygen atoms in total. The number of rotatable bonds is 4. The first-order valence-electron chi connectivity index (χ1n) is 7.14. The highest BCUT2D eigenvalue weighted by Gasteiger charge is 2.12. The zero-order valence-corrected chi connectivity index (χ0v) is 12.8. The van der Waals surface area contributed by atoms with Crippen LogP contribution in [0.15, 0.2) is 58.4 Å². The molecule has 0 saturated carbocycles. The summed E-state index contributed by atoms with van der Waals surface area (Å²) < 4.78 is 5.07. The van der Waals surface area contributed by atoms with E-state index in [1.165, 1.54) is 6.21 Å². The first-order valence-corrected chi connectivity index (χ1v) is 7.14. The number of ether oxygens (including phenoxy) is 1. The SMILES string of the molecule is COc1ccc(/C=N/NC(=O)c2n[nH]c(=O)c3ccccc23)cc1. The molecule has 3 aromatic rings. The number of carbonyl (C=O) groups is 1. The first kappa shape index (κ1) is 15.4. The van der Waals surface area contributed by atoms with Crippen molar-refractivity contribution >= 4 is 22.9 Å². The molecule has 7 heteroatoms. The van der Waals surface area contributed by atoms with E-state index in [-0.39, 0.29) is 11.3 Å². The number of aromatic nitrogens is 2. The molecule has 3 rings (SSSR count). The van der Waals surface area contributed by atoms with Crippen molar-refractivity contribution in [1.82, 2.24) is 15.6 Å². The van der Waals surface area contributed by atoms with Crippen LogP contribution in [0.25, 0.3) is 10.8 Å². The Kier molecular flexibility index (Phi) is 4.33. The average molecular weight is 322 g/mol. The Hall–Kier alpha value is -3.48. The van der Waals surface area contributed by atoms with Gasteiger partial charge in [0.25, 0.3) is 11.5 Å². The number of nitrogens with zero attached hydrogens (tertiary/aromatic N) is 2. The third kappa shape index (κ3) is 3.14. The minimum Gasteiger partial charge on any atom is -0.497 e. The lowest BCUT2D eigenvalue weighted by molar-refractivity contribution is 0.0951. The van der Waals surface area contributed by atoms with Gasteiger partial charge in [-0.1, -0.05) is 18.2 Å². The molecular formula is C17H14N4O3. The van der Waals surface area contributed by atoms with Gasteiger partial charge in [0, 0.05) is 5.39 Å². The molecule has 2 N–H and O–H groups in total. The van der Waals surface area contributed by atoms with Crippen molar-refractivity contribution in [1.29, 1.82) is 0 Å². The Morgan fingerprint density at radius 2 is 1.88 bits per heavy atom. The summed E-state index contributed by atoms with van der Waals surface area (Å²) in [5.74, 6) is 0.229. The Balaban J connectivity index is 1.79. The number of benzene rings is 2. The van der Waals surface area contributed by atoms with E-state index in [2.05, 4.69) is 20.7 Å². The lowest BCUT2D eigenvalue weighted by Crippen LogP contribution is -2.22. The second-order valence-corrected chi connectivity index (χ2v) is 4.92. The van der Waals surface area contributed by atoms with Gasteiger partial charge in [-0.2, -0.15) is 10.2 Å². The molecular weight excluding hydrogens is 308 g/mol. The fourth-order valence-electron chi connectivity index (χ4n) is 2.20. The summed E-state index contributed by atoms with van der Waals surface area (Å²) in [6, 6.07) is 14.0. The molecule has 0 bridgehead atoms. The number of hydrogen-bond donors (Lipinski definition) is 2. The van der Waals surface area contributed by atoms with Gasteiger partial charge in [-0.15, -0.1) is 0 Å². The van der Waals surface area contributed by atoms with Crippen molar-refractivity contribution in [3.63, 3.8) is 0 Å². The lowest BCUT2D eigenvalue weighted by atomic mass is 10.1. The van der Waals surface area contributed by atoms with E-state index in [9.17, 15) is 9.59 Å². The van der Waals surface area contributed by atoms with Crippen LogP contribution >= 0.6 is 0 Å². The van der Waals surface area contributed by atoms with E-state index in [1.54, 1.807) is 43.5 Å². The van der Waals surface area contributed by atoms with Gasteiger partial charge in [0.1, 0.15) is 5.75 Å². The van der Waals surface area contributed by atoms with E-state index < -0.39 is 5.91 Å². The van der Waals surface area contributed by atoms with Gasteiger partial charge < -0.3 is 4.74 Å². The molecule has 0 unspecified atom stereocenters. The van der Waals surface area contributed by atoms with Crippen LogP contribution in [0.5, 0.6) is 5.75 Å². The molecule has 0 aliphatic rings. The van der Waals surface area contributed by atoms with Crippen molar-refractivity contribution in [3.05, 3.63) is 70.1 Å². The molecule has 0 aliphatic heterocycles. The largest absolute Gasteiger partial charge is 0.497 e. The lowest BCUT2D eigenvalue weighted by Gasteiger charge is -2.03. The predicted molar refractivity (Wildman–Crippen MR) is 90.4 cm³/mol. The zero-order chi connectivity index (χ0) is 16.9. The highest BCUT2D eigenvalue weighted by molar-refractivity contribution is 6.04. The van der Waals surface area contributed by atoms with Crippen molar-refractivity contribution in [2.24, 2.45) is 5.10 Å². The molecule has 1 heterocycles. The summed E-state index contributed by atoms with van der Waals surface area (Å²) in [7, 11) is 1.59. The molecule has 1 aromatic heterocycles. The molecule has 24 heavy (non-hydrogen) atoms. The van der Waals surface area contributed by atoms with E-state index in [4.69, 9.17) is 4.74 Å². The smallest absolute Gasteiger partial charge is 0.292 e. The summed E-state index contributed by atoms with van der Waals surface area (Å²) in [6.45, 7) is 0. The zero-order valence-electron chi connectivity index (χ0n) is 12.8. The predicted octanol–water partition coefficient (Wildman–Crippen LogP) is 1.70. The third-order valence-corrected chi connectivity index (χ3v) is 3.41. The van der Waals surface area contributed by atoms with Crippen LogP contribution in [0, 0.1) is 0 Å². The van der Waals surface area contributed by atoms with Crippen LogP contribution in [0.4, 0.5) is 0 Å². The average Bonchev–Trinajstić information content (AvgIpc) is 2.63. The maximum absolute atomic E-state index is 12.2. The van der Waals surface area contributed by atoms with Crippen LogP contribution in [0.1, 0.15) is 16.1 Å². The summed E-state index contributed by atoms with van der Waals surface area (Å²) in [4.78, 5) is 23.9. The minimum absolute atomic E-state index is 0.108. The van der Waals surface area contributed by atoms with Gasteiger partial charge in [0.15, 0.2) is 5.69 Å². The van der Waals surface area contributed by atoms with Crippen molar-refractivity contribution in [2.75, 3.05) is 7.11 Å². The highest BCUT2D eigenvalue weighted by atomic mass is 16.5. The van der Waals surface area contributed by atoms with Gasteiger partial charge in [-0.3, -0.25) is 9.59 Å². The van der Waals surface area contributed by atoms with Crippen molar-refractivity contribution in [2.45, 2.75) is 0 Å². The van der Waals surface area contributed by atoms with Gasteiger partial charge >= 0.3 is 0 Å². The van der Waals surface area contributed by atoms with Gasteiger partial charge in [0.2, 0.25) is 0 Å². The molecule has 0 atom stereocenters. The van der Waals surface area contributed by atoms with Crippen LogP contribution in [-0.2, 0) is 0 Å². The quantitative estimate of drug-likeness (QED) is 0.564. The van der Waals surface area contributed by atoms with Crippen LogP contribution in [0.2, 0.25) is 0 Å². The van der Waals surface area contributed by atoms with E-state index in [1.807, 2.05) is 12.1 Å². The number of amides is 1. The van der Waals surface area contributed by atoms with Crippen LogP contribution in [0.3, 0.4) is 0 Å². The fraction of sp³-hybridized carbons (Fsp3) is 0.0588. The maximum Gasteiger partial charge on any atom is 0.292 e. The number of methoxy groups -OCH3 is 1. The number of hydrazone groups is 1. The second-order valence-electron chi connectivity index (χ2n) is 4.92. The molecule has 1 amide bonds. The van der Waals surface area contributed by atoms with Crippen LogP contribution < -0.4 is 15.7 Å². The Morgan fingerprint density at radius 1 is 1.17 bits per heavy atom. The van der Waals surface area contributed by atoms with Crippen LogP contribution in [-0.4, -0.2) is 29.4 Å². The van der Waals surface area contributed by atoms with E-state index in [0.29, 0.717) is 10.8 Å². The highest BCUT2D eigenvalue weighted by Crippen LogP contribution is 2.12. The van der Waals surface area contributed by atoms with Crippen molar-refractivity contribution in [3.8, 4) is 5.75 Å². The van der Waals surface area contributed by atoms with Gasteiger partial charge in [-0.05, 0) is 35.9 Å². The number of aromatic amines is 1. The molecule has 120 valence electrons. The monoisotopic (exact) mass is 322 g/mol. The summed E-state index contributed by atoms with van der Waals surface area (Å²) >= 11 is 0. The molecule has 2 aromatic carbocycles. The normalized spacial score (nSPS) is 10.9. The fourth-order valence-corrected chi connectivity index (χ4v) is 2.20. The van der Waals surface area contributed by atoms with Gasteiger partial charge in [-0.25, -0.2) is 10.5 Å². The molecule has 0 radical (unpaired) electrons. The second kappa shape index (κ2) is 6.74. The van der Waals surface area contributed by atoms with E-state index >= 15 is 0 Å². The molecule has 0 aliphatic carbocycles. The number of H-pyrrole nitrogens is 1. The minimum atomic E-state index is -0.507. The Bertz CT molecular complexity index is 961. The summed E-state index contributed by atoms with van der Waals surface area (Å²) in [5.41, 5.74) is 2.97. The van der Waals surface area contributed by atoms with E-state index in [0.717, 1.165) is 11.3 Å². The third-order valence-electron chi connectivity index (χ3n) is 3.41. The molecule has 0 spiro atoms. The van der Waals surface area contributed by atoms with Gasteiger partial charge in [0.05, 0.1) is 18.7 Å². The van der Waals surface area contributed by atoms with Crippen molar-refractivity contribution < 1.29 is 9.53 Å². The standard InChI is InChI=1S/C17H14N4O3/c1-24-12-8-6-11(7-9-12)10-18-20-17(23)15-13-4-2-3-5-14(13)16(22)21-19-15/h2-10H,1H3,(H,20,23)(H,21,22)/b18-10+. The molecule has 0 fully saturated rings. The Morgan fingerprint density at radius 3 is 2.58 bits per heavy atom. The number of hydrogen-bond acceptors (Lipinski definition) is 5. The maximum atomic E-state index is 12.2. The number of fused-ring (bicyclic) bond motifs is 1. The topological polar surface area (TPSA) is 96.4 Å². The first-order chi connectivity index (χ1) is 11.7. The summed E-state index contributed by atoms with van der Waals surface area (Å²) in [5, 5.41) is 10.9. The Labute approximate surface area is 137 Å². The number of carbonyl (C=O) groups excluding carboxylic acids is 1. The number of nitrogens with one attached hydrogen (secondary N) is 2.